The number of para-hydroxylation sites is 2. The molecule has 18 heteroatoms. The molecule has 3 unspecified atom stereocenters. The third kappa shape index (κ3) is 11.8. The van der Waals surface area contributed by atoms with Crippen molar-refractivity contribution in [3.63, 3.8) is 0 Å². The van der Waals surface area contributed by atoms with E-state index < -0.39 is 54.1 Å². The Kier molecular flexibility index (Phi) is 16.8. The first kappa shape index (κ1) is 53.8. The van der Waals surface area contributed by atoms with Crippen LogP contribution in [0.5, 0.6) is 11.5 Å². The Hall–Kier alpha value is -6.54. The fourth-order valence-electron chi connectivity index (χ4n) is 12.0. The normalized spacial score (nSPS) is 21.7. The molecule has 2 aliphatic heterocycles. The van der Waals surface area contributed by atoms with Gasteiger partial charge in [0, 0.05) is 53.7 Å². The molecule has 2 aromatic heterocycles. The third-order valence-corrected chi connectivity index (χ3v) is 17.8. The molecule has 0 saturated heterocycles. The van der Waals surface area contributed by atoms with Gasteiger partial charge in [-0.05, 0) is 97.1 Å². The smallest absolute Gasteiger partial charge is 0.255 e. The highest BCUT2D eigenvalue weighted by Crippen LogP contribution is 2.53. The number of fused-ring (bicyclic) bond motifs is 2. The summed E-state index contributed by atoms with van der Waals surface area (Å²) >= 11 is 2.72. The Morgan fingerprint density at radius 2 is 1.01 bits per heavy atom. The number of methoxy groups -OCH3 is 2. The number of aliphatic hydroxyl groups is 4. The first-order valence-corrected chi connectivity index (χ1v) is 28.3. The van der Waals surface area contributed by atoms with Crippen LogP contribution in [0.2, 0.25) is 0 Å². The van der Waals surface area contributed by atoms with Gasteiger partial charge >= 0.3 is 0 Å². The standard InChI is InChI=1S/C59H66N6O10S2/c1-74-46-17-9-4-12-38(46)27-40-32-76-48(62-40)29-60-56(70)52(66)54(68)58(72)64-26-25-34-11-3-6-14-42(34)50(64)36-21-19-35(20-22-36)45-31-65(51(37-23-24-37)44-16-8-7-15-43(44)45)59(73)55(69)53(67)57(71)61-30-49-63-41(33-77-49)28-39-13-5-10-18-47(39)75-2/h3-18,32-33,35-37,45,50-55,66-69H,19-31H2,1-2H3,(H,60,70)(H,61,71)/t35?,36?,45?,50?,51?,52-,53-,54-,55-/m1/s1. The van der Waals surface area contributed by atoms with Crippen LogP contribution in [0.15, 0.2) is 108 Å². The minimum absolute atomic E-state index is 0.0113. The van der Waals surface area contributed by atoms with Gasteiger partial charge in [-0.3, -0.25) is 19.2 Å². The minimum atomic E-state index is -2.01. The summed E-state index contributed by atoms with van der Waals surface area (Å²) < 4.78 is 11.0. The Morgan fingerprint density at radius 3 is 1.55 bits per heavy atom. The number of rotatable bonds is 19. The topological polar surface area (TPSA) is 224 Å². The molecule has 10 rings (SSSR count). The monoisotopic (exact) mass is 1080 g/mol. The number of aliphatic hydroxyl groups excluding tert-OH is 4. The van der Waals surface area contributed by atoms with Gasteiger partial charge in [0.2, 0.25) is 0 Å². The lowest BCUT2D eigenvalue weighted by Crippen LogP contribution is -2.54. The Balaban J connectivity index is 0.783. The van der Waals surface area contributed by atoms with Crippen LogP contribution in [0.4, 0.5) is 0 Å². The van der Waals surface area contributed by atoms with Crippen molar-refractivity contribution in [1.29, 1.82) is 0 Å². The van der Waals surface area contributed by atoms with E-state index in [0.717, 1.165) is 94.8 Å². The molecule has 6 N–H and O–H groups in total. The zero-order chi connectivity index (χ0) is 53.7. The maximum absolute atomic E-state index is 14.5. The first-order valence-electron chi connectivity index (χ1n) is 26.6. The van der Waals surface area contributed by atoms with Crippen LogP contribution in [0.1, 0.15) is 111 Å². The number of nitrogens with zero attached hydrogens (tertiary/aromatic N) is 4. The largest absolute Gasteiger partial charge is 0.496 e. The summed E-state index contributed by atoms with van der Waals surface area (Å²) in [5, 5.41) is 55.7. The molecule has 77 heavy (non-hydrogen) atoms. The number of carbonyl (C=O) groups is 4. The Bertz CT molecular complexity index is 3060. The zero-order valence-electron chi connectivity index (χ0n) is 43.2. The quantitative estimate of drug-likeness (QED) is 0.0535. The van der Waals surface area contributed by atoms with Gasteiger partial charge in [-0.15, -0.1) is 22.7 Å². The van der Waals surface area contributed by atoms with Crippen LogP contribution >= 0.6 is 22.7 Å². The number of thiazole rings is 2. The molecule has 404 valence electrons. The summed E-state index contributed by atoms with van der Waals surface area (Å²) in [7, 11) is 3.23. The van der Waals surface area contributed by atoms with Gasteiger partial charge in [-0.2, -0.15) is 0 Å². The van der Waals surface area contributed by atoms with Crippen molar-refractivity contribution in [1.82, 2.24) is 30.4 Å². The third-order valence-electron chi connectivity index (χ3n) is 16.0. The molecule has 4 aromatic carbocycles. The molecule has 4 aliphatic rings. The van der Waals surface area contributed by atoms with Crippen LogP contribution in [0.25, 0.3) is 0 Å². The van der Waals surface area contributed by atoms with Crippen LogP contribution in [-0.4, -0.2) is 116 Å². The highest BCUT2D eigenvalue weighted by molar-refractivity contribution is 7.09. The van der Waals surface area contributed by atoms with Gasteiger partial charge in [0.15, 0.2) is 24.4 Å². The van der Waals surface area contributed by atoms with E-state index in [0.29, 0.717) is 42.4 Å². The summed E-state index contributed by atoms with van der Waals surface area (Å²) in [6.07, 6.45) is -1.60. The maximum Gasteiger partial charge on any atom is 0.255 e. The average Bonchev–Trinajstić information content (AvgIpc) is 4.09. The molecule has 16 nitrogen and oxygen atoms in total. The summed E-state index contributed by atoms with van der Waals surface area (Å²) in [4.78, 5) is 68.3. The van der Waals surface area contributed by atoms with E-state index in [1.807, 2.05) is 89.6 Å². The van der Waals surface area contributed by atoms with Gasteiger partial charge in [0.05, 0.1) is 50.8 Å². The lowest BCUT2D eigenvalue weighted by atomic mass is 9.67. The van der Waals surface area contributed by atoms with E-state index in [2.05, 4.69) is 38.8 Å². The van der Waals surface area contributed by atoms with E-state index in [9.17, 15) is 39.6 Å². The van der Waals surface area contributed by atoms with Gasteiger partial charge in [-0.1, -0.05) is 84.9 Å². The number of hydrogen-bond acceptors (Lipinski definition) is 14. The maximum atomic E-state index is 14.5. The zero-order valence-corrected chi connectivity index (χ0v) is 44.8. The van der Waals surface area contributed by atoms with Gasteiger partial charge < -0.3 is 50.3 Å². The fraction of sp³-hybridized carbons (Fsp3) is 0.424. The summed E-state index contributed by atoms with van der Waals surface area (Å²) in [5.41, 5.74) is 7.81. The number of benzene rings is 4. The van der Waals surface area contributed by atoms with Crippen LogP contribution in [-0.2, 0) is 51.5 Å². The average molecular weight is 1080 g/mol. The number of ether oxygens (including phenoxy) is 2. The number of aromatic nitrogens is 2. The first-order chi connectivity index (χ1) is 37.4. The van der Waals surface area contributed by atoms with Crippen molar-refractivity contribution >= 4 is 46.3 Å². The van der Waals surface area contributed by atoms with Crippen molar-refractivity contribution < 1.29 is 49.1 Å². The molecule has 4 heterocycles. The molecule has 2 fully saturated rings. The molecule has 4 amide bonds. The number of carbonyl (C=O) groups excluding carboxylic acids is 4. The van der Waals surface area contributed by atoms with E-state index in [1.165, 1.54) is 22.7 Å². The highest BCUT2D eigenvalue weighted by Gasteiger charge is 2.49. The van der Waals surface area contributed by atoms with Crippen LogP contribution in [0, 0.1) is 17.8 Å². The molecule has 7 atom stereocenters. The fourth-order valence-corrected chi connectivity index (χ4v) is 13.5. The second-order valence-corrected chi connectivity index (χ2v) is 22.7. The predicted octanol–water partition coefficient (Wildman–Crippen LogP) is 6.18. The lowest BCUT2D eigenvalue weighted by molar-refractivity contribution is -0.157. The Labute approximate surface area is 456 Å². The van der Waals surface area contributed by atoms with E-state index >= 15 is 0 Å². The Morgan fingerprint density at radius 1 is 0.571 bits per heavy atom. The van der Waals surface area contributed by atoms with Gasteiger partial charge in [0.1, 0.15) is 21.5 Å². The van der Waals surface area contributed by atoms with Crippen molar-refractivity contribution in [2.24, 2.45) is 17.8 Å². The van der Waals surface area contributed by atoms with E-state index in [-0.39, 0.29) is 42.8 Å². The molecule has 2 saturated carbocycles. The van der Waals surface area contributed by atoms with Crippen molar-refractivity contribution in [3.05, 3.63) is 163 Å². The molecule has 2 aliphatic carbocycles. The summed E-state index contributed by atoms with van der Waals surface area (Å²) in [5.74, 6) is -1.46. The van der Waals surface area contributed by atoms with E-state index in [1.54, 1.807) is 24.0 Å². The second kappa shape index (κ2) is 24.0. The molecular formula is C59H66N6O10S2. The molecule has 0 spiro atoms. The SMILES string of the molecule is COc1ccccc1Cc1csc(CNC(=O)[C@H](O)[C@@H](O)C(=O)N2CCc3ccccc3C2C2CCC(C3CN(C(=O)[C@H](O)[C@@H](O)C(=O)NCc4nc(Cc5ccccc5OC)cs4)C(C4CC4)c4ccccc43)CC2)n1. The second-order valence-electron chi connectivity index (χ2n) is 20.8. The minimum Gasteiger partial charge on any atom is -0.496 e. The van der Waals surface area contributed by atoms with Crippen molar-refractivity contribution in [3.8, 4) is 11.5 Å². The van der Waals surface area contributed by atoms with Crippen molar-refractivity contribution in [2.45, 2.75) is 113 Å². The number of amides is 4. The molecule has 0 radical (unpaired) electrons. The summed E-state index contributed by atoms with van der Waals surface area (Å²) in [6.45, 7) is 0.637. The summed E-state index contributed by atoms with van der Waals surface area (Å²) in [6, 6.07) is 30.8. The number of nitrogens with one attached hydrogen (secondary N) is 2. The van der Waals surface area contributed by atoms with E-state index in [4.69, 9.17) is 9.47 Å². The lowest BCUT2D eigenvalue weighted by Gasteiger charge is -2.48. The van der Waals surface area contributed by atoms with Crippen LogP contribution in [0.3, 0.4) is 0 Å². The molecular weight excluding hydrogens is 1020 g/mol. The van der Waals surface area contributed by atoms with Crippen molar-refractivity contribution in [2.75, 3.05) is 27.3 Å². The van der Waals surface area contributed by atoms with Gasteiger partial charge in [-0.25, -0.2) is 9.97 Å². The predicted molar refractivity (Wildman–Crippen MR) is 290 cm³/mol. The molecule has 6 aromatic rings. The molecule has 0 bridgehead atoms. The highest BCUT2D eigenvalue weighted by atomic mass is 32.1. The number of hydrogen-bond donors (Lipinski definition) is 6. The van der Waals surface area contributed by atoms with Gasteiger partial charge in [0.25, 0.3) is 23.6 Å². The van der Waals surface area contributed by atoms with Crippen LogP contribution < -0.4 is 20.1 Å².